The topological polar surface area (TPSA) is 44.1 Å². The third kappa shape index (κ3) is 1.39. The van der Waals surface area contributed by atoms with Crippen LogP contribution in [0, 0.1) is 0 Å². The highest BCUT2D eigenvalue weighted by molar-refractivity contribution is 6.09. The molecule has 18 heavy (non-hydrogen) atoms. The molecule has 0 aliphatic carbocycles. The molecule has 0 bridgehead atoms. The van der Waals surface area contributed by atoms with Crippen LogP contribution < -0.4 is 0 Å². The number of hydrogen-bond acceptors (Lipinski definition) is 3. The van der Waals surface area contributed by atoms with E-state index in [9.17, 15) is 4.79 Å². The standard InChI is InChI=1S/C14H12N2O2/c1-16-12-4-3-9(14(17)18-2)7-10(12)11-8-15-6-5-13(11)16/h3-8H,1-2H3. The number of carbonyl (C=O) groups is 1. The first-order valence-electron chi connectivity index (χ1n) is 5.63. The smallest absolute Gasteiger partial charge is 0.337 e. The lowest BCUT2D eigenvalue weighted by atomic mass is 10.1. The molecule has 0 spiro atoms. The van der Waals surface area contributed by atoms with E-state index in [-0.39, 0.29) is 5.97 Å². The van der Waals surface area contributed by atoms with Crippen LogP contribution in [-0.4, -0.2) is 22.6 Å². The van der Waals surface area contributed by atoms with Crippen LogP contribution in [0.1, 0.15) is 10.4 Å². The summed E-state index contributed by atoms with van der Waals surface area (Å²) in [6.07, 6.45) is 3.58. The largest absolute Gasteiger partial charge is 0.465 e. The van der Waals surface area contributed by atoms with Gasteiger partial charge < -0.3 is 9.30 Å². The fourth-order valence-corrected chi connectivity index (χ4v) is 2.31. The molecule has 0 radical (unpaired) electrons. The zero-order chi connectivity index (χ0) is 12.7. The van der Waals surface area contributed by atoms with Crippen LogP contribution in [0.5, 0.6) is 0 Å². The highest BCUT2D eigenvalue weighted by atomic mass is 16.5. The number of ether oxygens (including phenoxy) is 1. The first-order valence-corrected chi connectivity index (χ1v) is 5.63. The van der Waals surface area contributed by atoms with Gasteiger partial charge in [0.05, 0.1) is 18.2 Å². The summed E-state index contributed by atoms with van der Waals surface area (Å²) in [6.45, 7) is 0. The Balaban J connectivity index is 2.40. The fourth-order valence-electron chi connectivity index (χ4n) is 2.31. The molecule has 1 aromatic carbocycles. The molecule has 4 heteroatoms. The van der Waals surface area contributed by atoms with Gasteiger partial charge in [-0.15, -0.1) is 0 Å². The summed E-state index contributed by atoms with van der Waals surface area (Å²) in [4.78, 5) is 15.7. The van der Waals surface area contributed by atoms with Crippen molar-refractivity contribution in [3.8, 4) is 0 Å². The normalized spacial score (nSPS) is 11.0. The van der Waals surface area contributed by atoms with E-state index in [0.717, 1.165) is 21.8 Å². The summed E-state index contributed by atoms with van der Waals surface area (Å²) in [6, 6.07) is 7.53. The van der Waals surface area contributed by atoms with Gasteiger partial charge in [0.25, 0.3) is 0 Å². The predicted octanol–water partition coefficient (Wildman–Crippen LogP) is 2.51. The van der Waals surface area contributed by atoms with Gasteiger partial charge in [-0.3, -0.25) is 4.98 Å². The summed E-state index contributed by atoms with van der Waals surface area (Å²) >= 11 is 0. The van der Waals surface area contributed by atoms with E-state index < -0.39 is 0 Å². The second-order valence-electron chi connectivity index (χ2n) is 4.18. The molecule has 3 rings (SSSR count). The van der Waals surface area contributed by atoms with Crippen LogP contribution in [0.2, 0.25) is 0 Å². The maximum Gasteiger partial charge on any atom is 0.337 e. The third-order valence-electron chi connectivity index (χ3n) is 3.23. The fraction of sp³-hybridized carbons (Fsp3) is 0.143. The van der Waals surface area contributed by atoms with Gasteiger partial charge in [-0.05, 0) is 24.3 Å². The van der Waals surface area contributed by atoms with Crippen molar-refractivity contribution in [2.75, 3.05) is 7.11 Å². The van der Waals surface area contributed by atoms with Crippen molar-refractivity contribution < 1.29 is 9.53 Å². The number of rotatable bonds is 1. The van der Waals surface area contributed by atoms with Crippen LogP contribution in [-0.2, 0) is 11.8 Å². The quantitative estimate of drug-likeness (QED) is 0.614. The van der Waals surface area contributed by atoms with Gasteiger partial charge in [-0.1, -0.05) is 0 Å². The van der Waals surface area contributed by atoms with E-state index >= 15 is 0 Å². The van der Waals surface area contributed by atoms with Gasteiger partial charge in [-0.2, -0.15) is 0 Å². The van der Waals surface area contributed by atoms with Crippen LogP contribution in [0.3, 0.4) is 0 Å². The average molecular weight is 240 g/mol. The highest BCUT2D eigenvalue weighted by Crippen LogP contribution is 2.28. The van der Waals surface area contributed by atoms with Gasteiger partial charge in [0.2, 0.25) is 0 Å². The SMILES string of the molecule is COC(=O)c1ccc2c(c1)c1cnccc1n2C. The Hall–Kier alpha value is -2.36. The van der Waals surface area contributed by atoms with E-state index in [4.69, 9.17) is 4.74 Å². The lowest BCUT2D eigenvalue weighted by molar-refractivity contribution is 0.0601. The molecule has 0 fully saturated rings. The Bertz CT molecular complexity index is 759. The van der Waals surface area contributed by atoms with E-state index in [0.29, 0.717) is 5.56 Å². The molecule has 0 saturated carbocycles. The van der Waals surface area contributed by atoms with Crippen LogP contribution >= 0.6 is 0 Å². The predicted molar refractivity (Wildman–Crippen MR) is 69.6 cm³/mol. The van der Waals surface area contributed by atoms with Crippen molar-refractivity contribution in [2.24, 2.45) is 7.05 Å². The van der Waals surface area contributed by atoms with Crippen LogP contribution in [0.25, 0.3) is 21.8 Å². The molecule has 90 valence electrons. The number of fused-ring (bicyclic) bond motifs is 3. The van der Waals surface area contributed by atoms with Gasteiger partial charge in [-0.25, -0.2) is 4.79 Å². The molecule has 0 saturated heterocycles. The number of hydrogen-bond donors (Lipinski definition) is 0. The minimum Gasteiger partial charge on any atom is -0.465 e. The number of methoxy groups -OCH3 is 1. The molecule has 2 heterocycles. The Morgan fingerprint density at radius 2 is 2.00 bits per heavy atom. The monoisotopic (exact) mass is 240 g/mol. The maximum atomic E-state index is 11.6. The number of aryl methyl sites for hydroxylation is 1. The molecule has 0 amide bonds. The average Bonchev–Trinajstić information content (AvgIpc) is 2.72. The second kappa shape index (κ2) is 3.84. The summed E-state index contributed by atoms with van der Waals surface area (Å²) in [5, 5.41) is 2.06. The molecular formula is C14H12N2O2. The minimum absolute atomic E-state index is 0.321. The van der Waals surface area contributed by atoms with Crippen molar-refractivity contribution in [1.29, 1.82) is 0 Å². The molecule has 0 unspecified atom stereocenters. The Kier molecular flexibility index (Phi) is 2.30. The first kappa shape index (κ1) is 10.8. The van der Waals surface area contributed by atoms with Gasteiger partial charge >= 0.3 is 5.97 Å². The summed E-state index contributed by atoms with van der Waals surface area (Å²) in [7, 11) is 3.39. The van der Waals surface area contributed by atoms with Gasteiger partial charge in [0.1, 0.15) is 0 Å². The molecule has 0 aliphatic rings. The lowest BCUT2D eigenvalue weighted by Crippen LogP contribution is -2.00. The van der Waals surface area contributed by atoms with Gasteiger partial charge in [0, 0.05) is 35.7 Å². The summed E-state index contributed by atoms with van der Waals surface area (Å²) < 4.78 is 6.83. The summed E-state index contributed by atoms with van der Waals surface area (Å²) in [5.41, 5.74) is 2.73. The lowest BCUT2D eigenvalue weighted by Gasteiger charge is -2.00. The number of benzene rings is 1. The molecule has 0 N–H and O–H groups in total. The molecule has 2 aromatic heterocycles. The van der Waals surface area contributed by atoms with E-state index in [1.807, 2.05) is 31.4 Å². The summed E-state index contributed by atoms with van der Waals surface area (Å²) in [5.74, 6) is -0.321. The number of pyridine rings is 1. The number of aromatic nitrogens is 2. The maximum absolute atomic E-state index is 11.6. The van der Waals surface area contributed by atoms with Crippen molar-refractivity contribution in [2.45, 2.75) is 0 Å². The zero-order valence-corrected chi connectivity index (χ0v) is 10.2. The van der Waals surface area contributed by atoms with E-state index in [1.54, 1.807) is 12.3 Å². The Morgan fingerprint density at radius 1 is 1.22 bits per heavy atom. The highest BCUT2D eigenvalue weighted by Gasteiger charge is 2.11. The van der Waals surface area contributed by atoms with Crippen molar-refractivity contribution >= 4 is 27.8 Å². The Morgan fingerprint density at radius 3 is 2.78 bits per heavy atom. The van der Waals surface area contributed by atoms with Crippen LogP contribution in [0.4, 0.5) is 0 Å². The van der Waals surface area contributed by atoms with Crippen molar-refractivity contribution in [3.05, 3.63) is 42.2 Å². The van der Waals surface area contributed by atoms with Crippen molar-refractivity contribution in [3.63, 3.8) is 0 Å². The van der Waals surface area contributed by atoms with Gasteiger partial charge in [0.15, 0.2) is 0 Å². The Labute approximate surface area is 104 Å². The first-order chi connectivity index (χ1) is 8.72. The second-order valence-corrected chi connectivity index (χ2v) is 4.18. The van der Waals surface area contributed by atoms with E-state index in [2.05, 4.69) is 9.55 Å². The van der Waals surface area contributed by atoms with E-state index in [1.165, 1.54) is 7.11 Å². The third-order valence-corrected chi connectivity index (χ3v) is 3.23. The number of esters is 1. The molecule has 4 nitrogen and oxygen atoms in total. The molecule has 0 atom stereocenters. The molecule has 3 aromatic rings. The number of carbonyl (C=O) groups excluding carboxylic acids is 1. The van der Waals surface area contributed by atoms with Crippen LogP contribution in [0.15, 0.2) is 36.7 Å². The molecular weight excluding hydrogens is 228 g/mol. The van der Waals surface area contributed by atoms with Crippen molar-refractivity contribution in [1.82, 2.24) is 9.55 Å². The minimum atomic E-state index is -0.321. The zero-order valence-electron chi connectivity index (χ0n) is 10.2. The number of nitrogens with zero attached hydrogens (tertiary/aromatic N) is 2. The molecule has 0 aliphatic heterocycles.